The highest BCUT2D eigenvalue weighted by Gasteiger charge is 2.01. The molecule has 0 amide bonds. The van der Waals surface area contributed by atoms with E-state index in [4.69, 9.17) is 4.42 Å². The van der Waals surface area contributed by atoms with Crippen LogP contribution in [0.5, 0.6) is 0 Å². The molecule has 0 bridgehead atoms. The molecule has 0 atom stereocenters. The van der Waals surface area contributed by atoms with Gasteiger partial charge < -0.3 is 9.73 Å². The normalized spacial score (nSPS) is 10.6. The Kier molecular flexibility index (Phi) is 4.64. The molecule has 2 rings (SSSR count). The van der Waals surface area contributed by atoms with Gasteiger partial charge in [-0.3, -0.25) is 0 Å². The maximum atomic E-state index is 5.19. The van der Waals surface area contributed by atoms with Gasteiger partial charge in [0, 0.05) is 11.4 Å². The van der Waals surface area contributed by atoms with Crippen molar-refractivity contribution in [3.8, 4) is 0 Å². The summed E-state index contributed by atoms with van der Waals surface area (Å²) in [5.74, 6) is 0. The summed E-state index contributed by atoms with van der Waals surface area (Å²) in [6, 6.07) is 8.46. The van der Waals surface area contributed by atoms with E-state index in [2.05, 4.69) is 41.5 Å². The van der Waals surface area contributed by atoms with Crippen LogP contribution in [0.3, 0.4) is 0 Å². The van der Waals surface area contributed by atoms with Gasteiger partial charge in [-0.25, -0.2) is 4.98 Å². The minimum Gasteiger partial charge on any atom is -0.440 e. The predicted molar refractivity (Wildman–Crippen MR) is 69.1 cm³/mol. The largest absolute Gasteiger partial charge is 0.440 e. The van der Waals surface area contributed by atoms with Gasteiger partial charge in [-0.2, -0.15) is 0 Å². The summed E-state index contributed by atoms with van der Waals surface area (Å²) in [7, 11) is 0. The molecule has 1 N–H and O–H groups in total. The number of hydrogen-bond acceptors (Lipinski definition) is 4. The smallest absolute Gasteiger partial charge is 0.260 e. The second-order valence-electron chi connectivity index (χ2n) is 3.72. The van der Waals surface area contributed by atoms with Gasteiger partial charge in [-0.05, 0) is 42.4 Å². The number of aromatic nitrogens is 1. The lowest BCUT2D eigenvalue weighted by molar-refractivity contribution is 0.454. The van der Waals surface area contributed by atoms with Crippen molar-refractivity contribution >= 4 is 11.8 Å². The van der Waals surface area contributed by atoms with E-state index >= 15 is 0 Å². The summed E-state index contributed by atoms with van der Waals surface area (Å²) in [4.78, 5) is 5.22. The standard InChI is InChI=1S/C13H16N2OS/c1-2-7-14-10-11-3-5-12(6-4-11)17-13-15-8-9-16-13/h3-6,8-9,14H,2,7,10H2,1H3. The van der Waals surface area contributed by atoms with Crippen LogP contribution in [0.15, 0.2) is 51.3 Å². The van der Waals surface area contributed by atoms with Gasteiger partial charge in [0.2, 0.25) is 0 Å². The van der Waals surface area contributed by atoms with Gasteiger partial charge >= 0.3 is 0 Å². The lowest BCUT2D eigenvalue weighted by atomic mass is 10.2. The second-order valence-corrected chi connectivity index (χ2v) is 4.75. The molecule has 2 aromatic rings. The maximum Gasteiger partial charge on any atom is 0.260 e. The van der Waals surface area contributed by atoms with Gasteiger partial charge in [-0.15, -0.1) is 0 Å². The lowest BCUT2D eigenvalue weighted by Gasteiger charge is -2.04. The third-order valence-corrected chi connectivity index (χ3v) is 3.18. The molecule has 0 aliphatic carbocycles. The summed E-state index contributed by atoms with van der Waals surface area (Å²) in [5.41, 5.74) is 1.30. The van der Waals surface area contributed by atoms with Crippen molar-refractivity contribution in [1.29, 1.82) is 0 Å². The van der Waals surface area contributed by atoms with Crippen molar-refractivity contribution in [2.75, 3.05) is 6.54 Å². The number of rotatable bonds is 6. The molecule has 1 aromatic heterocycles. The molecule has 0 saturated heterocycles. The summed E-state index contributed by atoms with van der Waals surface area (Å²) in [5, 5.41) is 4.06. The minimum absolute atomic E-state index is 0.682. The first-order chi connectivity index (χ1) is 8.38. The van der Waals surface area contributed by atoms with Crippen LogP contribution in [0.4, 0.5) is 0 Å². The van der Waals surface area contributed by atoms with Crippen LogP contribution in [0.2, 0.25) is 0 Å². The van der Waals surface area contributed by atoms with Crippen LogP contribution in [0.25, 0.3) is 0 Å². The molecular weight excluding hydrogens is 232 g/mol. The van der Waals surface area contributed by atoms with E-state index in [1.165, 1.54) is 17.3 Å². The van der Waals surface area contributed by atoms with Crippen LogP contribution < -0.4 is 5.32 Å². The zero-order valence-electron chi connectivity index (χ0n) is 9.85. The molecular formula is C13H16N2OS. The molecule has 90 valence electrons. The number of nitrogens with one attached hydrogen (secondary N) is 1. The van der Waals surface area contributed by atoms with Gasteiger partial charge in [0.1, 0.15) is 6.26 Å². The van der Waals surface area contributed by atoms with E-state index in [1.54, 1.807) is 12.5 Å². The molecule has 4 heteroatoms. The van der Waals surface area contributed by atoms with Gasteiger partial charge in [0.25, 0.3) is 5.22 Å². The Morgan fingerprint density at radius 2 is 2.12 bits per heavy atom. The highest BCUT2D eigenvalue weighted by Crippen LogP contribution is 2.25. The summed E-state index contributed by atoms with van der Waals surface area (Å²) in [6.07, 6.45) is 4.41. The Balaban J connectivity index is 1.89. The maximum absolute atomic E-state index is 5.19. The molecule has 0 aliphatic rings. The molecule has 1 aromatic carbocycles. The van der Waals surface area contributed by atoms with Crippen LogP contribution in [-0.2, 0) is 6.54 Å². The quantitative estimate of drug-likeness (QED) is 0.796. The molecule has 0 spiro atoms. The zero-order valence-corrected chi connectivity index (χ0v) is 10.7. The average molecular weight is 248 g/mol. The Hall–Kier alpha value is -1.26. The molecule has 0 saturated carbocycles. The topological polar surface area (TPSA) is 38.1 Å². The summed E-state index contributed by atoms with van der Waals surface area (Å²) in [6.45, 7) is 4.16. The third kappa shape index (κ3) is 3.91. The van der Waals surface area contributed by atoms with E-state index in [9.17, 15) is 0 Å². The summed E-state index contributed by atoms with van der Waals surface area (Å²) < 4.78 is 5.19. The fourth-order valence-corrected chi connectivity index (χ4v) is 2.14. The molecule has 17 heavy (non-hydrogen) atoms. The predicted octanol–water partition coefficient (Wildman–Crippen LogP) is 3.33. The Labute approximate surface area is 106 Å². The molecule has 0 radical (unpaired) electrons. The fourth-order valence-electron chi connectivity index (χ4n) is 1.45. The Morgan fingerprint density at radius 3 is 2.76 bits per heavy atom. The van der Waals surface area contributed by atoms with Crippen molar-refractivity contribution in [2.45, 2.75) is 30.0 Å². The lowest BCUT2D eigenvalue weighted by Crippen LogP contribution is -2.13. The van der Waals surface area contributed by atoms with E-state index in [1.807, 2.05) is 0 Å². The van der Waals surface area contributed by atoms with E-state index < -0.39 is 0 Å². The van der Waals surface area contributed by atoms with E-state index in [0.29, 0.717) is 5.22 Å². The van der Waals surface area contributed by atoms with Crippen molar-refractivity contribution < 1.29 is 4.42 Å². The molecule has 1 heterocycles. The second kappa shape index (κ2) is 6.47. The molecule has 0 unspecified atom stereocenters. The number of nitrogens with zero attached hydrogens (tertiary/aromatic N) is 1. The van der Waals surface area contributed by atoms with E-state index in [0.717, 1.165) is 24.4 Å². The van der Waals surface area contributed by atoms with E-state index in [-0.39, 0.29) is 0 Å². The monoisotopic (exact) mass is 248 g/mol. The molecule has 3 nitrogen and oxygen atoms in total. The van der Waals surface area contributed by atoms with Crippen LogP contribution >= 0.6 is 11.8 Å². The van der Waals surface area contributed by atoms with Crippen molar-refractivity contribution in [2.24, 2.45) is 0 Å². The first kappa shape index (κ1) is 12.2. The molecule has 0 aliphatic heterocycles. The average Bonchev–Trinajstić information content (AvgIpc) is 2.85. The highest BCUT2D eigenvalue weighted by molar-refractivity contribution is 7.99. The van der Waals surface area contributed by atoms with Crippen molar-refractivity contribution in [3.05, 3.63) is 42.3 Å². The van der Waals surface area contributed by atoms with Crippen molar-refractivity contribution in [3.63, 3.8) is 0 Å². The Bertz CT molecular complexity index is 425. The first-order valence-corrected chi connectivity index (χ1v) is 6.57. The van der Waals surface area contributed by atoms with Crippen LogP contribution in [0, 0.1) is 0 Å². The van der Waals surface area contributed by atoms with Crippen LogP contribution in [-0.4, -0.2) is 11.5 Å². The van der Waals surface area contributed by atoms with Gasteiger partial charge in [0.05, 0.1) is 6.20 Å². The minimum atomic E-state index is 0.682. The third-order valence-electron chi connectivity index (χ3n) is 2.29. The van der Waals surface area contributed by atoms with Crippen molar-refractivity contribution in [1.82, 2.24) is 10.3 Å². The Morgan fingerprint density at radius 1 is 1.29 bits per heavy atom. The van der Waals surface area contributed by atoms with Crippen LogP contribution in [0.1, 0.15) is 18.9 Å². The molecule has 0 fully saturated rings. The zero-order chi connectivity index (χ0) is 11.9. The first-order valence-electron chi connectivity index (χ1n) is 5.75. The van der Waals surface area contributed by atoms with Gasteiger partial charge in [-0.1, -0.05) is 19.1 Å². The highest BCUT2D eigenvalue weighted by atomic mass is 32.2. The SMILES string of the molecule is CCCNCc1ccc(Sc2ncco2)cc1. The number of oxazole rings is 1. The number of benzene rings is 1. The fraction of sp³-hybridized carbons (Fsp3) is 0.308. The van der Waals surface area contributed by atoms with Gasteiger partial charge in [0.15, 0.2) is 0 Å². The summed E-state index contributed by atoms with van der Waals surface area (Å²) >= 11 is 1.53. The number of hydrogen-bond donors (Lipinski definition) is 1.